The van der Waals surface area contributed by atoms with Gasteiger partial charge in [0.15, 0.2) is 11.9 Å². The molecular formula is C11H10N2O6. The van der Waals surface area contributed by atoms with Crippen LogP contribution in [0.5, 0.6) is 5.75 Å². The van der Waals surface area contributed by atoms with Crippen molar-refractivity contribution in [3.63, 3.8) is 0 Å². The molecule has 2 rings (SSSR count). The summed E-state index contributed by atoms with van der Waals surface area (Å²) in [6.07, 6.45) is -0.495. The summed E-state index contributed by atoms with van der Waals surface area (Å²) in [7, 11) is 0. The van der Waals surface area contributed by atoms with Crippen molar-refractivity contribution in [1.29, 1.82) is 0 Å². The van der Waals surface area contributed by atoms with Crippen LogP contribution in [-0.4, -0.2) is 36.6 Å². The Labute approximate surface area is 107 Å². The Morgan fingerprint density at radius 1 is 1.58 bits per heavy atom. The van der Waals surface area contributed by atoms with E-state index in [1.165, 1.54) is 18.2 Å². The molecule has 8 heteroatoms. The van der Waals surface area contributed by atoms with E-state index in [1.54, 1.807) is 0 Å². The molecule has 1 aromatic rings. The van der Waals surface area contributed by atoms with Crippen LogP contribution in [0.3, 0.4) is 0 Å². The fraction of sp³-hybridized carbons (Fsp3) is 0.273. The lowest BCUT2D eigenvalue weighted by Gasteiger charge is -2.10. The van der Waals surface area contributed by atoms with E-state index in [0.717, 1.165) is 0 Å². The summed E-state index contributed by atoms with van der Waals surface area (Å²) in [4.78, 5) is 31.6. The summed E-state index contributed by atoms with van der Waals surface area (Å²) in [6, 6.07) is 3.79. The zero-order valence-corrected chi connectivity index (χ0v) is 9.70. The fourth-order valence-electron chi connectivity index (χ4n) is 1.58. The standard InChI is InChI=1S/C11H10N2O6/c14-5-7-1-2-9(13(16)17)10(3-7)18-6-8-4-12-11(15)19-8/h1-3,5,8H,4,6H2,(H,12,15). The van der Waals surface area contributed by atoms with Gasteiger partial charge in [-0.3, -0.25) is 14.9 Å². The first-order valence-corrected chi connectivity index (χ1v) is 5.41. The normalized spacial score (nSPS) is 17.5. The predicted octanol–water partition coefficient (Wildman–Crippen LogP) is 0.894. The van der Waals surface area contributed by atoms with Crippen LogP contribution in [0.1, 0.15) is 10.4 Å². The van der Waals surface area contributed by atoms with E-state index in [9.17, 15) is 19.7 Å². The molecule has 19 heavy (non-hydrogen) atoms. The average Bonchev–Trinajstić information content (AvgIpc) is 2.81. The molecule has 1 N–H and O–H groups in total. The zero-order chi connectivity index (χ0) is 13.8. The maximum atomic E-state index is 10.8. The van der Waals surface area contributed by atoms with Gasteiger partial charge in [-0.05, 0) is 12.1 Å². The highest BCUT2D eigenvalue weighted by molar-refractivity contribution is 5.77. The number of carbonyl (C=O) groups is 2. The van der Waals surface area contributed by atoms with Crippen LogP contribution in [0, 0.1) is 10.1 Å². The number of alkyl carbamates (subject to hydrolysis) is 1. The van der Waals surface area contributed by atoms with Crippen molar-refractivity contribution in [1.82, 2.24) is 5.32 Å². The van der Waals surface area contributed by atoms with Gasteiger partial charge in [-0.15, -0.1) is 0 Å². The SMILES string of the molecule is O=Cc1ccc([N+](=O)[O-])c(OCC2CNC(=O)O2)c1. The number of aldehydes is 1. The van der Waals surface area contributed by atoms with E-state index in [-0.39, 0.29) is 30.2 Å². The molecule has 1 aliphatic heterocycles. The molecule has 0 aliphatic carbocycles. The first-order valence-electron chi connectivity index (χ1n) is 5.41. The van der Waals surface area contributed by atoms with Gasteiger partial charge >= 0.3 is 11.8 Å². The van der Waals surface area contributed by atoms with Gasteiger partial charge in [-0.25, -0.2) is 4.79 Å². The third kappa shape index (κ3) is 2.97. The number of ether oxygens (including phenoxy) is 2. The number of hydrogen-bond donors (Lipinski definition) is 1. The molecule has 0 spiro atoms. The van der Waals surface area contributed by atoms with E-state index in [2.05, 4.69) is 5.32 Å². The van der Waals surface area contributed by atoms with E-state index < -0.39 is 17.1 Å². The lowest BCUT2D eigenvalue weighted by molar-refractivity contribution is -0.385. The Morgan fingerprint density at radius 2 is 2.37 bits per heavy atom. The van der Waals surface area contributed by atoms with Crippen molar-refractivity contribution in [3.05, 3.63) is 33.9 Å². The number of cyclic esters (lactones) is 1. The van der Waals surface area contributed by atoms with Gasteiger partial charge in [0.1, 0.15) is 12.9 Å². The highest BCUT2D eigenvalue weighted by Gasteiger charge is 2.24. The van der Waals surface area contributed by atoms with Gasteiger partial charge in [0.25, 0.3) is 0 Å². The maximum absolute atomic E-state index is 10.8. The van der Waals surface area contributed by atoms with Crippen LogP contribution in [0.4, 0.5) is 10.5 Å². The minimum Gasteiger partial charge on any atom is -0.483 e. The van der Waals surface area contributed by atoms with Gasteiger partial charge in [-0.1, -0.05) is 0 Å². The lowest BCUT2D eigenvalue weighted by atomic mass is 10.2. The number of nitro groups is 1. The third-order valence-corrected chi connectivity index (χ3v) is 2.49. The molecule has 1 atom stereocenters. The van der Waals surface area contributed by atoms with Gasteiger partial charge in [-0.2, -0.15) is 0 Å². The second-order valence-corrected chi connectivity index (χ2v) is 3.82. The number of amides is 1. The van der Waals surface area contributed by atoms with Crippen molar-refractivity contribution in [2.24, 2.45) is 0 Å². The molecule has 0 aromatic heterocycles. The van der Waals surface area contributed by atoms with Crippen LogP contribution in [-0.2, 0) is 4.74 Å². The second-order valence-electron chi connectivity index (χ2n) is 3.82. The van der Waals surface area contributed by atoms with Crippen LogP contribution in [0.2, 0.25) is 0 Å². The number of nitro benzene ring substituents is 1. The molecular weight excluding hydrogens is 256 g/mol. The smallest absolute Gasteiger partial charge is 0.407 e. The Hall–Kier alpha value is -2.64. The molecule has 1 saturated heterocycles. The quantitative estimate of drug-likeness (QED) is 0.481. The minimum atomic E-state index is -0.608. The van der Waals surface area contributed by atoms with Gasteiger partial charge in [0.2, 0.25) is 0 Å². The van der Waals surface area contributed by atoms with Gasteiger partial charge in [0.05, 0.1) is 11.5 Å². The van der Waals surface area contributed by atoms with Crippen molar-refractivity contribution in [2.45, 2.75) is 6.10 Å². The Kier molecular flexibility index (Phi) is 3.60. The first kappa shape index (κ1) is 12.8. The molecule has 1 aliphatic rings. The van der Waals surface area contributed by atoms with Crippen molar-refractivity contribution < 1.29 is 24.0 Å². The number of hydrogen-bond acceptors (Lipinski definition) is 6. The summed E-state index contributed by atoms with van der Waals surface area (Å²) < 4.78 is 10.1. The molecule has 100 valence electrons. The molecule has 1 unspecified atom stereocenters. The highest BCUT2D eigenvalue weighted by atomic mass is 16.6. The van der Waals surface area contributed by atoms with E-state index >= 15 is 0 Å². The Bertz CT molecular complexity index is 530. The molecule has 0 radical (unpaired) electrons. The molecule has 1 heterocycles. The highest BCUT2D eigenvalue weighted by Crippen LogP contribution is 2.27. The molecule has 1 amide bonds. The van der Waals surface area contributed by atoms with E-state index in [0.29, 0.717) is 6.29 Å². The zero-order valence-electron chi connectivity index (χ0n) is 9.70. The Balaban J connectivity index is 2.11. The van der Waals surface area contributed by atoms with Crippen LogP contribution < -0.4 is 10.1 Å². The van der Waals surface area contributed by atoms with E-state index in [1.807, 2.05) is 0 Å². The third-order valence-electron chi connectivity index (χ3n) is 2.49. The number of nitrogens with one attached hydrogen (secondary N) is 1. The number of rotatable bonds is 5. The van der Waals surface area contributed by atoms with Crippen molar-refractivity contribution in [2.75, 3.05) is 13.2 Å². The Morgan fingerprint density at radius 3 is 2.95 bits per heavy atom. The lowest BCUT2D eigenvalue weighted by Crippen LogP contribution is -2.22. The fourth-order valence-corrected chi connectivity index (χ4v) is 1.58. The average molecular weight is 266 g/mol. The summed E-state index contributed by atoms with van der Waals surface area (Å²) in [6.45, 7) is 0.252. The van der Waals surface area contributed by atoms with Crippen LogP contribution in [0.25, 0.3) is 0 Å². The second kappa shape index (κ2) is 5.34. The molecule has 1 fully saturated rings. The van der Waals surface area contributed by atoms with Crippen LogP contribution in [0.15, 0.2) is 18.2 Å². The van der Waals surface area contributed by atoms with Crippen molar-refractivity contribution >= 4 is 18.1 Å². The van der Waals surface area contributed by atoms with Gasteiger partial charge < -0.3 is 14.8 Å². The molecule has 0 bridgehead atoms. The van der Waals surface area contributed by atoms with Gasteiger partial charge in [0, 0.05) is 11.6 Å². The minimum absolute atomic E-state index is 0.0259. The topological polar surface area (TPSA) is 108 Å². The number of carbonyl (C=O) groups excluding carboxylic acids is 2. The molecule has 0 saturated carbocycles. The summed E-state index contributed by atoms with van der Waals surface area (Å²) >= 11 is 0. The predicted molar refractivity (Wildman–Crippen MR) is 62.3 cm³/mol. The van der Waals surface area contributed by atoms with E-state index in [4.69, 9.17) is 9.47 Å². The largest absolute Gasteiger partial charge is 0.483 e. The van der Waals surface area contributed by atoms with Crippen molar-refractivity contribution in [3.8, 4) is 5.75 Å². The van der Waals surface area contributed by atoms with Crippen LogP contribution >= 0.6 is 0 Å². The summed E-state index contributed by atoms with van der Waals surface area (Å²) in [5, 5.41) is 13.2. The first-order chi connectivity index (χ1) is 9.10. The number of nitrogens with zero attached hydrogens (tertiary/aromatic N) is 1. The maximum Gasteiger partial charge on any atom is 0.407 e. The molecule has 1 aromatic carbocycles. The monoisotopic (exact) mass is 266 g/mol. The molecule has 8 nitrogen and oxygen atoms in total. The number of benzene rings is 1. The summed E-state index contributed by atoms with van der Waals surface area (Å²) in [5.74, 6) is -0.0300. The summed E-state index contributed by atoms with van der Waals surface area (Å²) in [5.41, 5.74) is 0.0185.